The number of amidine groups is 1. The average Bonchev–Trinajstić information content (AvgIpc) is 2.33. The molecule has 0 spiro atoms. The first-order valence-corrected chi connectivity index (χ1v) is 6.52. The van der Waals surface area contributed by atoms with Gasteiger partial charge in [-0.25, -0.2) is 4.39 Å². The summed E-state index contributed by atoms with van der Waals surface area (Å²) in [6.07, 6.45) is 0. The quantitative estimate of drug-likeness (QED) is 0.638. The Kier molecular flexibility index (Phi) is 4.17. The van der Waals surface area contributed by atoms with Gasteiger partial charge in [0, 0.05) is 37.8 Å². The summed E-state index contributed by atoms with van der Waals surface area (Å²) in [7, 11) is 2.12. The van der Waals surface area contributed by atoms with Crippen LogP contribution in [0.25, 0.3) is 0 Å². The first kappa shape index (κ1) is 14.0. The average molecular weight is 264 g/mol. The number of hydrogen-bond donors (Lipinski definition) is 2. The molecule has 1 aliphatic heterocycles. The molecule has 1 unspecified atom stereocenters. The van der Waals surface area contributed by atoms with Crippen molar-refractivity contribution in [3.63, 3.8) is 0 Å². The fourth-order valence-electron chi connectivity index (χ4n) is 2.42. The highest BCUT2D eigenvalue weighted by Crippen LogP contribution is 2.14. The standard InChI is InChI=1S/C14H21FN4/c1-10-8-19(4-3-18(10)2)9-11-5-12(14(16)17)7-13(15)6-11/h5-7,10H,3-4,8-9H2,1-2H3,(H3,16,17). The number of likely N-dealkylation sites (N-methyl/N-ethyl adjacent to an activating group) is 1. The van der Waals surface area contributed by atoms with E-state index < -0.39 is 0 Å². The molecule has 0 saturated carbocycles. The second kappa shape index (κ2) is 5.67. The minimum atomic E-state index is -0.329. The van der Waals surface area contributed by atoms with E-state index in [9.17, 15) is 4.39 Å². The van der Waals surface area contributed by atoms with Gasteiger partial charge >= 0.3 is 0 Å². The zero-order chi connectivity index (χ0) is 14.0. The highest BCUT2D eigenvalue weighted by Gasteiger charge is 2.20. The molecule has 1 aromatic rings. The van der Waals surface area contributed by atoms with Crippen LogP contribution in [0.2, 0.25) is 0 Å². The topological polar surface area (TPSA) is 56.4 Å². The Hall–Kier alpha value is -1.46. The third kappa shape index (κ3) is 3.52. The van der Waals surface area contributed by atoms with Gasteiger partial charge in [0.2, 0.25) is 0 Å². The maximum absolute atomic E-state index is 13.5. The van der Waals surface area contributed by atoms with E-state index in [1.165, 1.54) is 12.1 Å². The Balaban J connectivity index is 2.09. The molecule has 104 valence electrons. The first-order chi connectivity index (χ1) is 8.95. The largest absolute Gasteiger partial charge is 0.384 e. The van der Waals surface area contributed by atoms with Crippen LogP contribution in [0.4, 0.5) is 4.39 Å². The molecular weight excluding hydrogens is 243 g/mol. The minimum Gasteiger partial charge on any atom is -0.384 e. The van der Waals surface area contributed by atoms with Crippen LogP contribution in [0.5, 0.6) is 0 Å². The van der Waals surface area contributed by atoms with Crippen molar-refractivity contribution in [3.8, 4) is 0 Å². The Bertz CT molecular complexity index is 475. The Labute approximate surface area is 113 Å². The predicted molar refractivity (Wildman–Crippen MR) is 74.8 cm³/mol. The van der Waals surface area contributed by atoms with E-state index in [1.54, 1.807) is 6.07 Å². The maximum Gasteiger partial charge on any atom is 0.124 e. The highest BCUT2D eigenvalue weighted by molar-refractivity contribution is 5.95. The number of rotatable bonds is 3. The smallest absolute Gasteiger partial charge is 0.124 e. The van der Waals surface area contributed by atoms with E-state index in [0.29, 0.717) is 18.2 Å². The van der Waals surface area contributed by atoms with E-state index in [-0.39, 0.29) is 11.7 Å². The number of nitrogens with two attached hydrogens (primary N) is 1. The van der Waals surface area contributed by atoms with Crippen LogP contribution in [0, 0.1) is 11.2 Å². The number of hydrogen-bond acceptors (Lipinski definition) is 3. The second-order valence-electron chi connectivity index (χ2n) is 5.33. The van der Waals surface area contributed by atoms with Crippen molar-refractivity contribution in [2.45, 2.75) is 19.5 Å². The molecule has 5 heteroatoms. The lowest BCUT2D eigenvalue weighted by Crippen LogP contribution is -2.49. The lowest BCUT2D eigenvalue weighted by Gasteiger charge is -2.37. The summed E-state index contributed by atoms with van der Waals surface area (Å²) >= 11 is 0. The first-order valence-electron chi connectivity index (χ1n) is 6.52. The van der Waals surface area contributed by atoms with Crippen molar-refractivity contribution < 1.29 is 4.39 Å². The normalized spacial score (nSPS) is 21.5. The molecule has 1 atom stereocenters. The summed E-state index contributed by atoms with van der Waals surface area (Å²) in [4.78, 5) is 4.63. The van der Waals surface area contributed by atoms with Crippen LogP contribution < -0.4 is 5.73 Å². The van der Waals surface area contributed by atoms with Crippen molar-refractivity contribution in [1.29, 1.82) is 5.41 Å². The predicted octanol–water partition coefficient (Wildman–Crippen LogP) is 1.25. The summed E-state index contributed by atoms with van der Waals surface area (Å²) in [5.41, 5.74) is 6.75. The van der Waals surface area contributed by atoms with Gasteiger partial charge in [0.25, 0.3) is 0 Å². The molecule has 1 heterocycles. The van der Waals surface area contributed by atoms with Gasteiger partial charge in [-0.15, -0.1) is 0 Å². The van der Waals surface area contributed by atoms with Crippen molar-refractivity contribution in [1.82, 2.24) is 9.80 Å². The van der Waals surface area contributed by atoms with Crippen molar-refractivity contribution in [2.24, 2.45) is 5.73 Å². The highest BCUT2D eigenvalue weighted by atomic mass is 19.1. The molecule has 0 radical (unpaired) electrons. The van der Waals surface area contributed by atoms with Gasteiger partial charge in [0.05, 0.1) is 0 Å². The number of nitrogen functional groups attached to an aromatic ring is 1. The van der Waals surface area contributed by atoms with Gasteiger partial charge in [-0.3, -0.25) is 10.3 Å². The van der Waals surface area contributed by atoms with Crippen molar-refractivity contribution in [2.75, 3.05) is 26.7 Å². The lowest BCUT2D eigenvalue weighted by atomic mass is 10.1. The fourth-order valence-corrected chi connectivity index (χ4v) is 2.42. The number of nitrogens with zero attached hydrogens (tertiary/aromatic N) is 2. The SMILES string of the molecule is CC1CN(Cc2cc(F)cc(C(=N)N)c2)CCN1C. The van der Waals surface area contributed by atoms with Gasteiger partial charge in [-0.2, -0.15) is 0 Å². The molecular formula is C14H21FN4. The Morgan fingerprint density at radius 3 is 2.79 bits per heavy atom. The van der Waals surface area contributed by atoms with Gasteiger partial charge < -0.3 is 10.6 Å². The summed E-state index contributed by atoms with van der Waals surface area (Å²) in [6.45, 7) is 5.88. The number of benzene rings is 1. The van der Waals surface area contributed by atoms with Crippen molar-refractivity contribution in [3.05, 3.63) is 35.1 Å². The van der Waals surface area contributed by atoms with Crippen LogP contribution in [0.15, 0.2) is 18.2 Å². The molecule has 3 N–H and O–H groups in total. The maximum atomic E-state index is 13.5. The number of halogens is 1. The molecule has 0 aromatic heterocycles. The molecule has 19 heavy (non-hydrogen) atoms. The molecule has 1 aromatic carbocycles. The molecule has 1 saturated heterocycles. The number of piperazine rings is 1. The van der Waals surface area contributed by atoms with Gasteiger partial charge in [0.15, 0.2) is 0 Å². The molecule has 0 aliphatic carbocycles. The minimum absolute atomic E-state index is 0.0903. The molecule has 1 aliphatic rings. The van der Waals surface area contributed by atoms with Gasteiger partial charge in [-0.1, -0.05) is 0 Å². The molecule has 1 fully saturated rings. The van der Waals surface area contributed by atoms with E-state index in [0.717, 1.165) is 25.2 Å². The zero-order valence-electron chi connectivity index (χ0n) is 11.5. The van der Waals surface area contributed by atoms with Crippen molar-refractivity contribution >= 4 is 5.84 Å². The van der Waals surface area contributed by atoms with Gasteiger partial charge in [0.1, 0.15) is 11.7 Å². The van der Waals surface area contributed by atoms with E-state index in [2.05, 4.69) is 23.8 Å². The van der Waals surface area contributed by atoms with Crippen LogP contribution in [-0.2, 0) is 6.54 Å². The molecule has 0 amide bonds. The van der Waals surface area contributed by atoms with Crippen LogP contribution in [0.3, 0.4) is 0 Å². The molecule has 2 rings (SSSR count). The van der Waals surface area contributed by atoms with Crippen LogP contribution in [0.1, 0.15) is 18.1 Å². The summed E-state index contributed by atoms with van der Waals surface area (Å²) in [5.74, 6) is -0.419. The summed E-state index contributed by atoms with van der Waals surface area (Å²) < 4.78 is 13.5. The van der Waals surface area contributed by atoms with Crippen LogP contribution in [-0.4, -0.2) is 48.4 Å². The van der Waals surface area contributed by atoms with Gasteiger partial charge in [-0.05, 0) is 37.7 Å². The Morgan fingerprint density at radius 1 is 1.42 bits per heavy atom. The lowest BCUT2D eigenvalue weighted by molar-refractivity contribution is 0.0999. The zero-order valence-corrected chi connectivity index (χ0v) is 11.5. The van der Waals surface area contributed by atoms with E-state index in [4.69, 9.17) is 11.1 Å². The molecule has 4 nitrogen and oxygen atoms in total. The third-order valence-corrected chi connectivity index (χ3v) is 3.72. The summed E-state index contributed by atoms with van der Waals surface area (Å²) in [6, 6.07) is 5.14. The monoisotopic (exact) mass is 264 g/mol. The number of nitrogens with one attached hydrogen (secondary N) is 1. The fraction of sp³-hybridized carbons (Fsp3) is 0.500. The Morgan fingerprint density at radius 2 is 2.16 bits per heavy atom. The third-order valence-electron chi connectivity index (χ3n) is 3.72. The summed E-state index contributed by atoms with van der Waals surface area (Å²) in [5, 5.41) is 7.40. The second-order valence-corrected chi connectivity index (χ2v) is 5.33. The van der Waals surface area contributed by atoms with Crippen LogP contribution >= 0.6 is 0 Å². The van der Waals surface area contributed by atoms with E-state index in [1.807, 2.05) is 0 Å². The van der Waals surface area contributed by atoms with E-state index >= 15 is 0 Å². The molecule has 0 bridgehead atoms.